The van der Waals surface area contributed by atoms with Crippen LogP contribution in [0, 0.1) is 5.92 Å². The molecule has 0 amide bonds. The Morgan fingerprint density at radius 1 is 0.310 bits per heavy atom. The molecule has 590 valence electrons. The highest BCUT2D eigenvalue weighted by Gasteiger charge is 2.30. The number of phosphoric ester groups is 2. The summed E-state index contributed by atoms with van der Waals surface area (Å²) in [6.45, 7) is 7.29. The predicted octanol–water partition coefficient (Wildman–Crippen LogP) is 24.0. The molecule has 0 heterocycles. The van der Waals surface area contributed by atoms with Gasteiger partial charge in [0, 0.05) is 25.7 Å². The number of hydrogen-bond donors (Lipinski definition) is 3. The average Bonchev–Trinajstić information content (AvgIpc) is 0.943. The minimum atomic E-state index is -4.97. The number of aliphatic hydroxyl groups excluding tert-OH is 1. The molecule has 0 saturated carbocycles. The van der Waals surface area contributed by atoms with Gasteiger partial charge in [-0.2, -0.15) is 0 Å². The first-order valence-electron chi connectivity index (χ1n) is 41.5. The predicted molar refractivity (Wildman–Crippen MR) is 409 cm³/mol. The van der Waals surface area contributed by atoms with Crippen LogP contribution in [0.25, 0.3) is 0 Å². The summed E-state index contributed by atoms with van der Waals surface area (Å²) in [4.78, 5) is 73.0. The zero-order valence-electron chi connectivity index (χ0n) is 64.8. The van der Waals surface area contributed by atoms with Crippen molar-refractivity contribution in [2.45, 2.75) is 425 Å². The molecule has 0 rings (SSSR count). The maximum absolute atomic E-state index is 13.1. The molecule has 0 aromatic carbocycles. The van der Waals surface area contributed by atoms with E-state index in [0.29, 0.717) is 25.7 Å². The standard InChI is InChI=1S/C81H154O17P2/c1-6-9-12-15-18-21-24-26-28-33-36-40-45-50-55-60-65-79(84)92-71-77(98-81(86)67-62-57-52-47-42-38-34-30-29-32-35-39-43-48-53-58-63-74(4)5)73-96-100(89,90)94-69-75(82)68-93-99(87,88)95-72-76(70-91-78(83)64-59-54-49-44-23-20-17-14-11-8-3)97-80(85)66-61-56-51-46-41-37-31-27-25-22-19-16-13-10-7-2/h22,25,27,31,74-77,82H,6-21,23-24,26,28-30,32-73H2,1-5H3,(H,87,88)(H,89,90)/b25-22-,31-27-/t75-,76+,77+/m0/s1. The Morgan fingerprint density at radius 3 is 0.820 bits per heavy atom. The first-order valence-corrected chi connectivity index (χ1v) is 44.4. The Hall–Kier alpha value is -2.46. The largest absolute Gasteiger partial charge is 0.472 e. The lowest BCUT2D eigenvalue weighted by Gasteiger charge is -2.21. The molecule has 100 heavy (non-hydrogen) atoms. The van der Waals surface area contributed by atoms with E-state index in [9.17, 15) is 43.2 Å². The molecule has 0 aromatic heterocycles. The van der Waals surface area contributed by atoms with E-state index < -0.39 is 97.5 Å². The third-order valence-corrected chi connectivity index (χ3v) is 20.3. The van der Waals surface area contributed by atoms with Gasteiger partial charge in [0.15, 0.2) is 12.2 Å². The summed E-state index contributed by atoms with van der Waals surface area (Å²) in [5, 5.41) is 10.6. The zero-order valence-corrected chi connectivity index (χ0v) is 66.6. The number of unbranched alkanes of at least 4 members (excludes halogenated alkanes) is 48. The lowest BCUT2D eigenvalue weighted by molar-refractivity contribution is -0.161. The minimum Gasteiger partial charge on any atom is -0.462 e. The third-order valence-electron chi connectivity index (χ3n) is 18.4. The smallest absolute Gasteiger partial charge is 0.462 e. The molecule has 0 aliphatic carbocycles. The number of allylic oxidation sites excluding steroid dienone is 4. The summed E-state index contributed by atoms with van der Waals surface area (Å²) in [7, 11) is -9.93. The summed E-state index contributed by atoms with van der Waals surface area (Å²) >= 11 is 0. The summed E-state index contributed by atoms with van der Waals surface area (Å²) in [6, 6.07) is 0. The van der Waals surface area contributed by atoms with Gasteiger partial charge in [-0.05, 0) is 57.3 Å². The Bertz CT molecular complexity index is 2000. The fourth-order valence-electron chi connectivity index (χ4n) is 12.0. The summed E-state index contributed by atoms with van der Waals surface area (Å²) < 4.78 is 68.7. The summed E-state index contributed by atoms with van der Waals surface area (Å²) in [5.74, 6) is -1.33. The monoisotopic (exact) mass is 1460 g/mol. The van der Waals surface area contributed by atoms with Crippen molar-refractivity contribution in [3.05, 3.63) is 24.3 Å². The van der Waals surface area contributed by atoms with E-state index in [1.165, 1.54) is 218 Å². The zero-order chi connectivity index (χ0) is 73.4. The average molecular weight is 1460 g/mol. The Morgan fingerprint density at radius 2 is 0.540 bits per heavy atom. The van der Waals surface area contributed by atoms with Gasteiger partial charge in [0.25, 0.3) is 0 Å². The molecular weight excluding hydrogens is 1310 g/mol. The van der Waals surface area contributed by atoms with Gasteiger partial charge in [0.05, 0.1) is 26.4 Å². The summed E-state index contributed by atoms with van der Waals surface area (Å²) in [6.07, 6.45) is 67.3. The van der Waals surface area contributed by atoms with Gasteiger partial charge in [0.1, 0.15) is 19.3 Å². The molecule has 0 spiro atoms. The third kappa shape index (κ3) is 73.8. The van der Waals surface area contributed by atoms with E-state index >= 15 is 0 Å². The van der Waals surface area contributed by atoms with Crippen molar-refractivity contribution >= 4 is 39.5 Å². The lowest BCUT2D eigenvalue weighted by atomic mass is 10.0. The number of phosphoric acid groups is 2. The Balaban J connectivity index is 5.27. The molecule has 3 N–H and O–H groups in total. The molecular formula is C81H154O17P2. The molecule has 0 aromatic rings. The highest BCUT2D eigenvalue weighted by molar-refractivity contribution is 7.47. The number of hydrogen-bond acceptors (Lipinski definition) is 15. The van der Waals surface area contributed by atoms with E-state index in [1.54, 1.807) is 0 Å². The van der Waals surface area contributed by atoms with Crippen LogP contribution in [0.4, 0.5) is 0 Å². The number of esters is 4. The minimum absolute atomic E-state index is 0.0855. The van der Waals surface area contributed by atoms with Gasteiger partial charge in [-0.25, -0.2) is 9.13 Å². The highest BCUT2D eigenvalue weighted by Crippen LogP contribution is 2.45. The van der Waals surface area contributed by atoms with Crippen molar-refractivity contribution in [3.8, 4) is 0 Å². The molecule has 0 fully saturated rings. The van der Waals surface area contributed by atoms with Crippen LogP contribution in [0.15, 0.2) is 24.3 Å². The number of carbonyl (C=O) groups is 4. The van der Waals surface area contributed by atoms with E-state index in [1.807, 2.05) is 0 Å². The van der Waals surface area contributed by atoms with E-state index in [0.717, 1.165) is 109 Å². The van der Waals surface area contributed by atoms with Crippen molar-refractivity contribution in [2.24, 2.45) is 5.92 Å². The molecule has 19 heteroatoms. The van der Waals surface area contributed by atoms with Crippen molar-refractivity contribution in [1.29, 1.82) is 0 Å². The van der Waals surface area contributed by atoms with Crippen LogP contribution in [0.5, 0.6) is 0 Å². The molecule has 0 aliphatic rings. The van der Waals surface area contributed by atoms with Gasteiger partial charge < -0.3 is 33.8 Å². The highest BCUT2D eigenvalue weighted by atomic mass is 31.2. The SMILES string of the molecule is CCCCCC/C=C\C=C/CCCCCCCC(=O)O[C@H](COC(=O)CCCCCCCCCCCC)COP(=O)(O)OC[C@H](O)COP(=O)(O)OC[C@@H](COC(=O)CCCCCCCCCCCCCCCCCC)OC(=O)CCCCCCCCCCCCCCCCCCC(C)C. The van der Waals surface area contributed by atoms with Crippen LogP contribution in [-0.2, 0) is 65.4 Å². The van der Waals surface area contributed by atoms with Crippen LogP contribution >= 0.6 is 15.6 Å². The van der Waals surface area contributed by atoms with Crippen LogP contribution in [0.3, 0.4) is 0 Å². The van der Waals surface area contributed by atoms with Crippen LogP contribution in [0.2, 0.25) is 0 Å². The fraction of sp³-hybridized carbons (Fsp3) is 0.901. The van der Waals surface area contributed by atoms with Gasteiger partial charge in [-0.15, -0.1) is 0 Å². The van der Waals surface area contributed by atoms with E-state index in [4.69, 9.17) is 37.0 Å². The second kappa shape index (κ2) is 73.4. The molecule has 17 nitrogen and oxygen atoms in total. The van der Waals surface area contributed by atoms with Gasteiger partial charge >= 0.3 is 39.5 Å². The van der Waals surface area contributed by atoms with Crippen molar-refractivity contribution < 1.29 is 80.2 Å². The molecule has 0 saturated heterocycles. The van der Waals surface area contributed by atoms with Crippen molar-refractivity contribution in [1.82, 2.24) is 0 Å². The Kier molecular flexibility index (Phi) is 71.6. The molecule has 5 atom stereocenters. The van der Waals surface area contributed by atoms with E-state index in [2.05, 4.69) is 58.9 Å². The normalized spacial score (nSPS) is 14.0. The lowest BCUT2D eigenvalue weighted by Crippen LogP contribution is -2.30. The van der Waals surface area contributed by atoms with Gasteiger partial charge in [0.2, 0.25) is 0 Å². The van der Waals surface area contributed by atoms with Crippen molar-refractivity contribution in [3.63, 3.8) is 0 Å². The summed E-state index contributed by atoms with van der Waals surface area (Å²) in [5.41, 5.74) is 0. The number of carbonyl (C=O) groups excluding carboxylic acids is 4. The number of aliphatic hydroxyl groups is 1. The maximum Gasteiger partial charge on any atom is 0.472 e. The van der Waals surface area contributed by atoms with Crippen molar-refractivity contribution in [2.75, 3.05) is 39.6 Å². The second-order valence-corrected chi connectivity index (χ2v) is 31.9. The van der Waals surface area contributed by atoms with Gasteiger partial charge in [-0.1, -0.05) is 354 Å². The quantitative estimate of drug-likeness (QED) is 0.0169. The fourth-order valence-corrected chi connectivity index (χ4v) is 13.6. The first-order chi connectivity index (χ1) is 48.5. The molecule has 0 radical (unpaired) electrons. The molecule has 0 aliphatic heterocycles. The number of ether oxygens (including phenoxy) is 4. The Labute approximate surface area is 612 Å². The van der Waals surface area contributed by atoms with Crippen LogP contribution in [-0.4, -0.2) is 96.7 Å². The molecule has 0 bridgehead atoms. The van der Waals surface area contributed by atoms with Crippen LogP contribution in [0.1, 0.15) is 407 Å². The topological polar surface area (TPSA) is 237 Å². The first kappa shape index (κ1) is 97.5. The second-order valence-electron chi connectivity index (χ2n) is 29.0. The van der Waals surface area contributed by atoms with E-state index in [-0.39, 0.29) is 25.7 Å². The number of rotatable bonds is 79. The van der Waals surface area contributed by atoms with Crippen LogP contribution < -0.4 is 0 Å². The maximum atomic E-state index is 13.1. The molecule has 2 unspecified atom stereocenters. The van der Waals surface area contributed by atoms with Gasteiger partial charge in [-0.3, -0.25) is 37.3 Å².